The quantitative estimate of drug-likeness (QED) is 0.679. The molecule has 4 rings (SSSR count). The second kappa shape index (κ2) is 8.43. The van der Waals surface area contributed by atoms with Crippen LogP contribution >= 0.6 is 11.3 Å². The van der Waals surface area contributed by atoms with Gasteiger partial charge in [0.15, 0.2) is 0 Å². The molecular formula is C20H22N4O3S. The first-order chi connectivity index (χ1) is 13.7. The monoisotopic (exact) mass is 398 g/mol. The van der Waals surface area contributed by atoms with Crippen molar-refractivity contribution in [1.82, 2.24) is 15.1 Å². The second-order valence-corrected chi connectivity index (χ2v) is 7.54. The number of thiophene rings is 1. The summed E-state index contributed by atoms with van der Waals surface area (Å²) in [7, 11) is 0. The van der Waals surface area contributed by atoms with E-state index in [-0.39, 0.29) is 11.9 Å². The summed E-state index contributed by atoms with van der Waals surface area (Å²) < 4.78 is 11.3. The lowest BCUT2D eigenvalue weighted by Gasteiger charge is -2.31. The largest absolute Gasteiger partial charge is 0.494 e. The molecule has 1 aromatic carbocycles. The number of aromatic nitrogens is 2. The number of hydrogen-bond donors (Lipinski definition) is 1. The summed E-state index contributed by atoms with van der Waals surface area (Å²) in [6.07, 6.45) is 1.83. The van der Waals surface area contributed by atoms with Gasteiger partial charge in [0, 0.05) is 18.8 Å². The van der Waals surface area contributed by atoms with Crippen molar-refractivity contribution in [2.24, 2.45) is 0 Å². The SMILES string of the molecule is CCOc1ccc(NC(=O)N2CCCC(c3nnc(-c4cccs4)o3)C2)cc1. The Labute approximate surface area is 167 Å². The lowest BCUT2D eigenvalue weighted by Crippen LogP contribution is -2.41. The normalized spacial score (nSPS) is 16.8. The molecule has 2 aromatic heterocycles. The molecule has 3 heterocycles. The average molecular weight is 398 g/mol. The van der Waals surface area contributed by atoms with Crippen molar-refractivity contribution >= 4 is 23.1 Å². The number of amides is 2. The van der Waals surface area contributed by atoms with Gasteiger partial charge in [0.2, 0.25) is 5.89 Å². The van der Waals surface area contributed by atoms with Crippen LogP contribution in [0, 0.1) is 0 Å². The Morgan fingerprint density at radius 3 is 2.93 bits per heavy atom. The number of rotatable bonds is 5. The van der Waals surface area contributed by atoms with E-state index in [2.05, 4.69) is 15.5 Å². The Morgan fingerprint density at radius 2 is 2.18 bits per heavy atom. The minimum Gasteiger partial charge on any atom is -0.494 e. The number of benzene rings is 1. The summed E-state index contributed by atoms with van der Waals surface area (Å²) in [5.41, 5.74) is 0.744. The maximum atomic E-state index is 12.7. The Morgan fingerprint density at radius 1 is 1.32 bits per heavy atom. The third kappa shape index (κ3) is 4.17. The number of urea groups is 1. The Balaban J connectivity index is 1.38. The molecule has 1 atom stereocenters. The molecule has 1 fully saturated rings. The summed E-state index contributed by atoms with van der Waals surface area (Å²) >= 11 is 1.57. The van der Waals surface area contributed by atoms with Crippen LogP contribution in [-0.4, -0.2) is 40.8 Å². The van der Waals surface area contributed by atoms with E-state index in [9.17, 15) is 4.79 Å². The highest BCUT2D eigenvalue weighted by Gasteiger charge is 2.28. The van der Waals surface area contributed by atoms with E-state index in [4.69, 9.17) is 9.15 Å². The van der Waals surface area contributed by atoms with E-state index in [1.54, 1.807) is 16.2 Å². The standard InChI is InChI=1S/C20H22N4O3S/c1-2-26-16-9-7-15(8-10-16)21-20(25)24-11-3-5-14(13-24)18-22-23-19(27-18)17-6-4-12-28-17/h4,6-10,12,14H,2-3,5,11,13H2,1H3,(H,21,25). The molecule has 7 nitrogen and oxygen atoms in total. The van der Waals surface area contributed by atoms with Gasteiger partial charge in [-0.2, -0.15) is 0 Å². The van der Waals surface area contributed by atoms with Gasteiger partial charge in [-0.15, -0.1) is 21.5 Å². The number of carbonyl (C=O) groups is 1. The predicted molar refractivity (Wildman–Crippen MR) is 108 cm³/mol. The van der Waals surface area contributed by atoms with Crippen LogP contribution in [0.15, 0.2) is 46.2 Å². The zero-order valence-electron chi connectivity index (χ0n) is 15.6. The molecule has 28 heavy (non-hydrogen) atoms. The molecule has 1 saturated heterocycles. The van der Waals surface area contributed by atoms with Gasteiger partial charge in [-0.1, -0.05) is 6.07 Å². The van der Waals surface area contributed by atoms with Gasteiger partial charge in [-0.05, 0) is 55.5 Å². The number of piperidine rings is 1. The number of ether oxygens (including phenoxy) is 1. The Kier molecular flexibility index (Phi) is 5.57. The van der Waals surface area contributed by atoms with Crippen molar-refractivity contribution in [3.05, 3.63) is 47.7 Å². The topological polar surface area (TPSA) is 80.5 Å². The first kappa shape index (κ1) is 18.5. The summed E-state index contributed by atoms with van der Waals surface area (Å²) in [4.78, 5) is 15.4. The van der Waals surface area contributed by atoms with Gasteiger partial charge in [-0.3, -0.25) is 0 Å². The zero-order chi connectivity index (χ0) is 19.3. The van der Waals surface area contributed by atoms with Crippen molar-refractivity contribution in [3.63, 3.8) is 0 Å². The summed E-state index contributed by atoms with van der Waals surface area (Å²) in [6, 6.07) is 11.2. The van der Waals surface area contributed by atoms with Crippen LogP contribution in [0.4, 0.5) is 10.5 Å². The number of hydrogen-bond acceptors (Lipinski definition) is 6. The number of likely N-dealkylation sites (tertiary alicyclic amines) is 1. The molecule has 1 N–H and O–H groups in total. The average Bonchev–Trinajstić information content (AvgIpc) is 3.42. The minimum absolute atomic E-state index is 0.0565. The highest BCUT2D eigenvalue weighted by atomic mass is 32.1. The van der Waals surface area contributed by atoms with Crippen LogP contribution in [0.2, 0.25) is 0 Å². The molecule has 0 saturated carbocycles. The minimum atomic E-state index is -0.119. The fourth-order valence-electron chi connectivity index (χ4n) is 3.27. The number of anilines is 1. The molecule has 0 radical (unpaired) electrons. The molecule has 1 aliphatic rings. The van der Waals surface area contributed by atoms with Crippen LogP contribution < -0.4 is 10.1 Å². The van der Waals surface area contributed by atoms with Gasteiger partial charge < -0.3 is 19.4 Å². The van der Waals surface area contributed by atoms with Crippen molar-refractivity contribution in [3.8, 4) is 16.5 Å². The Bertz CT molecular complexity index is 908. The summed E-state index contributed by atoms with van der Waals surface area (Å²) in [5.74, 6) is 1.99. The first-order valence-electron chi connectivity index (χ1n) is 9.39. The second-order valence-electron chi connectivity index (χ2n) is 6.60. The van der Waals surface area contributed by atoms with Crippen LogP contribution in [0.5, 0.6) is 5.75 Å². The van der Waals surface area contributed by atoms with Crippen LogP contribution in [-0.2, 0) is 0 Å². The van der Waals surface area contributed by atoms with Gasteiger partial charge >= 0.3 is 6.03 Å². The lowest BCUT2D eigenvalue weighted by molar-refractivity contribution is 0.187. The molecule has 0 bridgehead atoms. The van der Waals surface area contributed by atoms with Crippen molar-refractivity contribution in [1.29, 1.82) is 0 Å². The number of nitrogens with one attached hydrogen (secondary N) is 1. The maximum Gasteiger partial charge on any atom is 0.321 e. The zero-order valence-corrected chi connectivity index (χ0v) is 16.4. The molecule has 3 aromatic rings. The highest BCUT2D eigenvalue weighted by molar-refractivity contribution is 7.13. The molecular weight excluding hydrogens is 376 g/mol. The van der Waals surface area contributed by atoms with E-state index in [0.717, 1.165) is 29.2 Å². The van der Waals surface area contributed by atoms with Crippen LogP contribution in [0.25, 0.3) is 10.8 Å². The fourth-order valence-corrected chi connectivity index (χ4v) is 3.91. The first-order valence-corrected chi connectivity index (χ1v) is 10.3. The van der Waals surface area contributed by atoms with Crippen LogP contribution in [0.1, 0.15) is 31.6 Å². The van der Waals surface area contributed by atoms with Gasteiger partial charge in [-0.25, -0.2) is 4.79 Å². The van der Waals surface area contributed by atoms with Crippen molar-refractivity contribution in [2.45, 2.75) is 25.7 Å². The Hall–Kier alpha value is -2.87. The molecule has 1 unspecified atom stereocenters. The smallest absolute Gasteiger partial charge is 0.321 e. The van der Waals surface area contributed by atoms with Crippen LogP contribution in [0.3, 0.4) is 0 Å². The molecule has 0 spiro atoms. The third-order valence-corrected chi connectivity index (χ3v) is 5.50. The van der Waals surface area contributed by atoms with Gasteiger partial charge in [0.1, 0.15) is 5.75 Å². The fraction of sp³-hybridized carbons (Fsp3) is 0.350. The molecule has 146 valence electrons. The summed E-state index contributed by atoms with van der Waals surface area (Å²) in [5, 5.41) is 13.3. The molecule has 0 aliphatic carbocycles. The van der Waals surface area contributed by atoms with E-state index in [1.807, 2.05) is 48.7 Å². The highest BCUT2D eigenvalue weighted by Crippen LogP contribution is 2.30. The predicted octanol–water partition coefficient (Wildman–Crippen LogP) is 4.61. The summed E-state index contributed by atoms with van der Waals surface area (Å²) in [6.45, 7) is 3.83. The molecule has 1 aliphatic heterocycles. The third-order valence-electron chi connectivity index (χ3n) is 4.65. The van der Waals surface area contributed by atoms with Gasteiger partial charge in [0.05, 0.1) is 17.4 Å². The van der Waals surface area contributed by atoms with E-state index < -0.39 is 0 Å². The van der Waals surface area contributed by atoms with E-state index in [0.29, 0.717) is 31.5 Å². The van der Waals surface area contributed by atoms with E-state index in [1.165, 1.54) is 0 Å². The van der Waals surface area contributed by atoms with Gasteiger partial charge in [0.25, 0.3) is 5.89 Å². The lowest BCUT2D eigenvalue weighted by atomic mass is 9.98. The van der Waals surface area contributed by atoms with Crippen molar-refractivity contribution < 1.29 is 13.9 Å². The van der Waals surface area contributed by atoms with Crippen molar-refractivity contribution in [2.75, 3.05) is 25.0 Å². The maximum absolute atomic E-state index is 12.7. The number of carbonyl (C=O) groups excluding carboxylic acids is 1. The molecule has 8 heteroatoms. The number of nitrogens with zero attached hydrogens (tertiary/aromatic N) is 3. The van der Waals surface area contributed by atoms with E-state index >= 15 is 0 Å². The molecule has 2 amide bonds.